The quantitative estimate of drug-likeness (QED) is 0.651. The van der Waals surface area contributed by atoms with Crippen LogP contribution in [0.3, 0.4) is 0 Å². The first-order valence-corrected chi connectivity index (χ1v) is 5.41. The van der Waals surface area contributed by atoms with E-state index in [0.29, 0.717) is 16.7 Å². The molecule has 2 aromatic carbocycles. The van der Waals surface area contributed by atoms with Crippen LogP contribution in [-0.2, 0) is 0 Å². The fourth-order valence-electron chi connectivity index (χ4n) is 1.76. The fourth-order valence-corrected chi connectivity index (χ4v) is 1.76. The molecule has 18 heavy (non-hydrogen) atoms. The lowest BCUT2D eigenvalue weighted by molar-refractivity contribution is 0.510. The lowest BCUT2D eigenvalue weighted by Crippen LogP contribution is -1.92. The Morgan fingerprint density at radius 3 is 2.22 bits per heavy atom. The molecule has 0 spiro atoms. The Bertz CT molecular complexity index is 712. The van der Waals surface area contributed by atoms with Crippen LogP contribution in [0.4, 0.5) is 8.78 Å². The molecule has 1 heterocycles. The zero-order valence-corrected chi connectivity index (χ0v) is 9.27. The maximum atomic E-state index is 13.1. The van der Waals surface area contributed by atoms with Crippen molar-refractivity contribution >= 4 is 11.0 Å². The molecule has 0 radical (unpaired) electrons. The Morgan fingerprint density at radius 2 is 1.50 bits per heavy atom. The molecule has 0 atom stereocenters. The summed E-state index contributed by atoms with van der Waals surface area (Å²) in [6.45, 7) is 0. The highest BCUT2D eigenvalue weighted by Crippen LogP contribution is 2.20. The number of rotatable bonds is 1. The molecule has 88 valence electrons. The predicted octanol–water partition coefficient (Wildman–Crippen LogP) is 3.58. The molecular formula is C14H8F2N2. The summed E-state index contributed by atoms with van der Waals surface area (Å²) in [5.41, 5.74) is 2.20. The molecule has 3 rings (SSSR count). The first kappa shape index (κ1) is 10.8. The van der Waals surface area contributed by atoms with Gasteiger partial charge in [-0.25, -0.2) is 13.8 Å². The summed E-state index contributed by atoms with van der Waals surface area (Å²) in [4.78, 5) is 8.37. The van der Waals surface area contributed by atoms with E-state index in [1.54, 1.807) is 6.20 Å². The van der Waals surface area contributed by atoms with Crippen molar-refractivity contribution in [3.8, 4) is 11.3 Å². The maximum Gasteiger partial charge on any atom is 0.161 e. The third-order valence-electron chi connectivity index (χ3n) is 2.65. The number of aromatic nitrogens is 2. The number of hydrogen-bond acceptors (Lipinski definition) is 2. The summed E-state index contributed by atoms with van der Waals surface area (Å²) in [6, 6.07) is 11.5. The van der Waals surface area contributed by atoms with Crippen molar-refractivity contribution in [3.05, 3.63) is 60.3 Å². The highest BCUT2D eigenvalue weighted by atomic mass is 19.2. The molecular weight excluding hydrogens is 234 g/mol. The number of hydrogen-bond donors (Lipinski definition) is 0. The van der Waals surface area contributed by atoms with E-state index in [2.05, 4.69) is 9.97 Å². The summed E-state index contributed by atoms with van der Waals surface area (Å²) < 4.78 is 26.2. The van der Waals surface area contributed by atoms with Crippen molar-refractivity contribution in [1.29, 1.82) is 0 Å². The average molecular weight is 242 g/mol. The Labute approximate surface area is 102 Å². The molecule has 2 nitrogen and oxygen atoms in total. The molecule has 0 saturated heterocycles. The maximum absolute atomic E-state index is 13.1. The Balaban J connectivity index is 2.20. The summed E-state index contributed by atoms with van der Waals surface area (Å²) >= 11 is 0. The second kappa shape index (κ2) is 4.14. The molecule has 0 aliphatic heterocycles. The van der Waals surface area contributed by atoms with E-state index >= 15 is 0 Å². The van der Waals surface area contributed by atoms with Crippen LogP contribution < -0.4 is 0 Å². The van der Waals surface area contributed by atoms with Crippen molar-refractivity contribution in [2.75, 3.05) is 0 Å². The van der Waals surface area contributed by atoms with Crippen molar-refractivity contribution in [3.63, 3.8) is 0 Å². The Kier molecular flexibility index (Phi) is 2.48. The number of fused-ring (bicyclic) bond motifs is 1. The van der Waals surface area contributed by atoms with Gasteiger partial charge in [-0.1, -0.05) is 30.3 Å². The molecule has 0 bridgehead atoms. The molecule has 0 amide bonds. The van der Waals surface area contributed by atoms with Crippen molar-refractivity contribution in [2.45, 2.75) is 0 Å². The molecule has 0 fully saturated rings. The van der Waals surface area contributed by atoms with E-state index < -0.39 is 11.6 Å². The van der Waals surface area contributed by atoms with Gasteiger partial charge in [0.1, 0.15) is 0 Å². The second-order valence-electron chi connectivity index (χ2n) is 3.88. The summed E-state index contributed by atoms with van der Waals surface area (Å²) in [7, 11) is 0. The van der Waals surface area contributed by atoms with Crippen LogP contribution in [0.15, 0.2) is 48.7 Å². The van der Waals surface area contributed by atoms with Gasteiger partial charge in [0.05, 0.1) is 22.9 Å². The van der Waals surface area contributed by atoms with E-state index in [-0.39, 0.29) is 0 Å². The lowest BCUT2D eigenvalue weighted by atomic mass is 10.1. The molecule has 0 saturated carbocycles. The van der Waals surface area contributed by atoms with E-state index in [0.717, 1.165) is 17.7 Å². The first-order chi connectivity index (χ1) is 8.74. The minimum Gasteiger partial charge on any atom is -0.252 e. The van der Waals surface area contributed by atoms with E-state index in [1.807, 2.05) is 30.3 Å². The summed E-state index contributed by atoms with van der Waals surface area (Å²) in [5, 5.41) is 0. The van der Waals surface area contributed by atoms with Gasteiger partial charge in [-0.3, -0.25) is 4.98 Å². The van der Waals surface area contributed by atoms with Gasteiger partial charge in [-0.2, -0.15) is 0 Å². The van der Waals surface area contributed by atoms with E-state index in [9.17, 15) is 8.78 Å². The lowest BCUT2D eigenvalue weighted by Gasteiger charge is -2.03. The van der Waals surface area contributed by atoms with Crippen LogP contribution in [0.5, 0.6) is 0 Å². The van der Waals surface area contributed by atoms with Gasteiger partial charge < -0.3 is 0 Å². The third-order valence-corrected chi connectivity index (χ3v) is 2.65. The number of benzene rings is 2. The third kappa shape index (κ3) is 1.82. The monoisotopic (exact) mass is 242 g/mol. The smallest absolute Gasteiger partial charge is 0.161 e. The second-order valence-corrected chi connectivity index (χ2v) is 3.88. The zero-order chi connectivity index (χ0) is 12.5. The molecule has 0 aliphatic rings. The van der Waals surface area contributed by atoms with Crippen LogP contribution in [0.2, 0.25) is 0 Å². The largest absolute Gasteiger partial charge is 0.252 e. The van der Waals surface area contributed by atoms with Crippen molar-refractivity contribution < 1.29 is 8.78 Å². The Hall–Kier alpha value is -2.36. The fraction of sp³-hybridized carbons (Fsp3) is 0. The average Bonchev–Trinajstić information content (AvgIpc) is 2.41. The van der Waals surface area contributed by atoms with Gasteiger partial charge in [-0.15, -0.1) is 0 Å². The molecule has 3 aromatic rings. The standard InChI is InChI=1S/C14H8F2N2/c15-10-6-12-13(7-11(10)16)18-14(8-17-12)9-4-2-1-3-5-9/h1-8H. The van der Waals surface area contributed by atoms with Gasteiger partial charge in [0.15, 0.2) is 11.6 Å². The molecule has 0 N–H and O–H groups in total. The van der Waals surface area contributed by atoms with Gasteiger partial charge in [0.25, 0.3) is 0 Å². The minimum atomic E-state index is -0.915. The number of nitrogens with zero attached hydrogens (tertiary/aromatic N) is 2. The van der Waals surface area contributed by atoms with Gasteiger partial charge in [-0.05, 0) is 0 Å². The predicted molar refractivity (Wildman–Crippen MR) is 64.9 cm³/mol. The SMILES string of the molecule is Fc1cc2ncc(-c3ccccc3)nc2cc1F. The van der Waals surface area contributed by atoms with Gasteiger partial charge in [0, 0.05) is 17.7 Å². The number of halogens is 2. The summed E-state index contributed by atoms with van der Waals surface area (Å²) in [6.07, 6.45) is 1.55. The molecule has 4 heteroatoms. The Morgan fingerprint density at radius 1 is 0.833 bits per heavy atom. The van der Waals surface area contributed by atoms with Crippen LogP contribution in [-0.4, -0.2) is 9.97 Å². The normalized spacial score (nSPS) is 10.8. The molecule has 1 aromatic heterocycles. The van der Waals surface area contributed by atoms with Crippen molar-refractivity contribution in [2.24, 2.45) is 0 Å². The first-order valence-electron chi connectivity index (χ1n) is 5.41. The zero-order valence-electron chi connectivity index (χ0n) is 9.27. The van der Waals surface area contributed by atoms with Crippen LogP contribution >= 0.6 is 0 Å². The van der Waals surface area contributed by atoms with Crippen molar-refractivity contribution in [1.82, 2.24) is 9.97 Å². The van der Waals surface area contributed by atoms with Gasteiger partial charge in [0.2, 0.25) is 0 Å². The topological polar surface area (TPSA) is 25.8 Å². The van der Waals surface area contributed by atoms with Gasteiger partial charge >= 0.3 is 0 Å². The highest BCUT2D eigenvalue weighted by Gasteiger charge is 2.07. The molecule has 0 aliphatic carbocycles. The summed E-state index contributed by atoms with van der Waals surface area (Å²) in [5.74, 6) is -1.83. The van der Waals surface area contributed by atoms with E-state index in [1.165, 1.54) is 0 Å². The van der Waals surface area contributed by atoms with Crippen LogP contribution in [0.1, 0.15) is 0 Å². The highest BCUT2D eigenvalue weighted by molar-refractivity contribution is 5.77. The molecule has 0 unspecified atom stereocenters. The minimum absolute atomic E-state index is 0.341. The van der Waals surface area contributed by atoms with Crippen LogP contribution in [0, 0.1) is 11.6 Å². The van der Waals surface area contributed by atoms with E-state index in [4.69, 9.17) is 0 Å². The van der Waals surface area contributed by atoms with Crippen LogP contribution in [0.25, 0.3) is 22.3 Å².